The van der Waals surface area contributed by atoms with Crippen LogP contribution in [0.5, 0.6) is 0 Å². The van der Waals surface area contributed by atoms with Gasteiger partial charge in [0.05, 0.1) is 11.9 Å². The maximum atomic E-state index is 13.4. The molecule has 9 nitrogen and oxygen atoms in total. The molecule has 2 N–H and O–H groups in total. The number of nitrogens with one attached hydrogen (secondary N) is 2. The first-order valence-electron chi connectivity index (χ1n) is 11.0. The molecule has 11 heteroatoms. The Balaban J connectivity index is 1.29. The van der Waals surface area contributed by atoms with Crippen LogP contribution in [-0.2, 0) is 9.59 Å². The average Bonchev–Trinajstić information content (AvgIpc) is 3.58. The summed E-state index contributed by atoms with van der Waals surface area (Å²) in [7, 11) is 0. The van der Waals surface area contributed by atoms with E-state index in [-0.39, 0.29) is 10.9 Å². The summed E-state index contributed by atoms with van der Waals surface area (Å²) in [6.07, 6.45) is 3.09. The first-order valence-corrected chi connectivity index (χ1v) is 11.8. The number of carbonyl (C=O) groups excluding carboxylic acids is 2. The molecule has 3 aromatic carbocycles. The molecule has 0 spiro atoms. The van der Waals surface area contributed by atoms with E-state index in [9.17, 15) is 14.0 Å². The van der Waals surface area contributed by atoms with E-state index in [1.807, 2.05) is 60.7 Å². The normalized spacial score (nSPS) is 10.9. The Kier molecular flexibility index (Phi) is 6.86. The van der Waals surface area contributed by atoms with Crippen molar-refractivity contribution in [3.8, 4) is 27.5 Å². The van der Waals surface area contributed by atoms with Crippen LogP contribution in [-0.4, -0.2) is 38.0 Å². The first-order chi connectivity index (χ1) is 18.1. The molecule has 2 amide bonds. The van der Waals surface area contributed by atoms with Crippen molar-refractivity contribution in [1.29, 1.82) is 0 Å². The van der Waals surface area contributed by atoms with Crippen LogP contribution in [0.25, 0.3) is 27.5 Å². The van der Waals surface area contributed by atoms with Crippen LogP contribution >= 0.6 is 11.3 Å². The minimum atomic E-state index is -0.980. The van der Waals surface area contributed by atoms with Crippen LogP contribution in [0.1, 0.15) is 5.56 Å². The van der Waals surface area contributed by atoms with Gasteiger partial charge in [0, 0.05) is 22.9 Å². The highest BCUT2D eigenvalue weighted by molar-refractivity contribution is 7.18. The highest BCUT2D eigenvalue weighted by atomic mass is 32.1. The molecule has 0 aliphatic rings. The number of aromatic nitrogens is 4. The molecule has 182 valence electrons. The van der Waals surface area contributed by atoms with Gasteiger partial charge in [-0.05, 0) is 36.4 Å². The van der Waals surface area contributed by atoms with Crippen molar-refractivity contribution in [2.45, 2.75) is 0 Å². The number of hydrazone groups is 1. The highest BCUT2D eigenvalue weighted by Crippen LogP contribution is 2.26. The fourth-order valence-corrected chi connectivity index (χ4v) is 4.11. The van der Waals surface area contributed by atoms with Gasteiger partial charge in [0.15, 0.2) is 0 Å². The van der Waals surface area contributed by atoms with E-state index >= 15 is 0 Å². The molecule has 0 radical (unpaired) electrons. The van der Waals surface area contributed by atoms with Crippen molar-refractivity contribution >= 4 is 34.5 Å². The molecule has 0 aliphatic heterocycles. The Morgan fingerprint density at radius 2 is 1.57 bits per heavy atom. The van der Waals surface area contributed by atoms with Gasteiger partial charge < -0.3 is 0 Å². The van der Waals surface area contributed by atoms with Crippen LogP contribution in [0, 0.1) is 5.82 Å². The lowest BCUT2D eigenvalue weighted by molar-refractivity contribution is -0.136. The second-order valence-corrected chi connectivity index (χ2v) is 8.63. The van der Waals surface area contributed by atoms with Gasteiger partial charge in [-0.25, -0.2) is 14.5 Å². The summed E-state index contributed by atoms with van der Waals surface area (Å²) in [4.78, 5) is 24.6. The van der Waals surface area contributed by atoms with Gasteiger partial charge in [0.2, 0.25) is 5.13 Å². The summed E-state index contributed by atoms with van der Waals surface area (Å²) < 4.78 is 15.1. The van der Waals surface area contributed by atoms with Gasteiger partial charge in [-0.3, -0.25) is 14.9 Å². The van der Waals surface area contributed by atoms with Gasteiger partial charge in [-0.2, -0.15) is 10.2 Å². The minimum absolute atomic E-state index is 0.186. The van der Waals surface area contributed by atoms with Crippen molar-refractivity contribution in [1.82, 2.24) is 25.4 Å². The molecule has 0 atom stereocenters. The third-order valence-electron chi connectivity index (χ3n) is 5.12. The zero-order valence-corrected chi connectivity index (χ0v) is 19.9. The predicted molar refractivity (Wildman–Crippen MR) is 139 cm³/mol. The summed E-state index contributed by atoms with van der Waals surface area (Å²) in [5.41, 5.74) is 5.59. The molecule has 0 fully saturated rings. The lowest BCUT2D eigenvalue weighted by Gasteiger charge is -2.00. The predicted octanol–water partition coefficient (Wildman–Crippen LogP) is 4.29. The maximum absolute atomic E-state index is 13.4. The number of para-hydroxylation sites is 1. The van der Waals surface area contributed by atoms with Crippen molar-refractivity contribution in [2.24, 2.45) is 5.10 Å². The van der Waals surface area contributed by atoms with Gasteiger partial charge in [-0.1, -0.05) is 59.9 Å². The molecule has 0 unspecified atom stereocenters. The summed E-state index contributed by atoms with van der Waals surface area (Å²) in [6.45, 7) is 0. The number of hydrogen-bond acceptors (Lipinski definition) is 7. The molecule has 37 heavy (non-hydrogen) atoms. The molecular formula is C26H18FN7O2S. The molecule has 2 aromatic heterocycles. The standard InChI is InChI=1S/C26H18FN7O2S/c27-20-13-11-17(12-14-20)22-19(16-34(33-22)21-9-5-2-6-10-21)15-28-30-24(36)23(35)29-26-32-31-25(37-26)18-7-3-1-4-8-18/h1-16H,(H,30,36)(H,29,32,35). The second-order valence-electron chi connectivity index (χ2n) is 7.65. The summed E-state index contributed by atoms with van der Waals surface area (Å²) in [5, 5.41) is 19.7. The Hall–Kier alpha value is -5.03. The fourth-order valence-electron chi connectivity index (χ4n) is 3.36. The quantitative estimate of drug-likeness (QED) is 0.201. The Morgan fingerprint density at radius 1 is 0.865 bits per heavy atom. The number of halogens is 1. The second kappa shape index (κ2) is 10.7. The van der Waals surface area contributed by atoms with Crippen LogP contribution in [0.4, 0.5) is 9.52 Å². The monoisotopic (exact) mass is 511 g/mol. The van der Waals surface area contributed by atoms with Crippen LogP contribution in [0.2, 0.25) is 0 Å². The van der Waals surface area contributed by atoms with E-state index < -0.39 is 11.8 Å². The number of benzene rings is 3. The molecule has 0 saturated carbocycles. The van der Waals surface area contributed by atoms with Crippen molar-refractivity contribution in [3.63, 3.8) is 0 Å². The van der Waals surface area contributed by atoms with Crippen LogP contribution in [0.3, 0.4) is 0 Å². The maximum Gasteiger partial charge on any atom is 0.329 e. The van der Waals surface area contributed by atoms with Gasteiger partial charge in [0.1, 0.15) is 16.5 Å². The number of hydrogen-bond donors (Lipinski definition) is 2. The fraction of sp³-hybridized carbons (Fsp3) is 0. The van der Waals surface area contributed by atoms with Crippen molar-refractivity contribution < 1.29 is 14.0 Å². The molecule has 5 rings (SSSR count). The highest BCUT2D eigenvalue weighted by Gasteiger charge is 2.17. The molecule has 2 heterocycles. The number of rotatable bonds is 6. The molecule has 0 aliphatic carbocycles. The smallest absolute Gasteiger partial charge is 0.292 e. The Morgan fingerprint density at radius 3 is 2.30 bits per heavy atom. The summed E-state index contributed by atoms with van der Waals surface area (Å²) >= 11 is 1.14. The van der Waals surface area contributed by atoms with E-state index in [0.29, 0.717) is 21.8 Å². The number of nitrogens with zero attached hydrogens (tertiary/aromatic N) is 5. The first kappa shape index (κ1) is 23.7. The summed E-state index contributed by atoms with van der Waals surface area (Å²) in [5.74, 6) is -2.29. The summed E-state index contributed by atoms with van der Waals surface area (Å²) in [6, 6.07) is 24.6. The van der Waals surface area contributed by atoms with Gasteiger partial charge in [0.25, 0.3) is 0 Å². The van der Waals surface area contributed by atoms with E-state index in [1.165, 1.54) is 18.3 Å². The minimum Gasteiger partial charge on any atom is -0.292 e. The van der Waals surface area contributed by atoms with E-state index in [2.05, 4.69) is 31.1 Å². The SMILES string of the molecule is O=C(NN=Cc1cn(-c2ccccc2)nc1-c1ccc(F)cc1)C(=O)Nc1nnc(-c2ccccc2)s1. The zero-order valence-electron chi connectivity index (χ0n) is 19.1. The average molecular weight is 512 g/mol. The molecule has 5 aromatic rings. The number of amides is 2. The number of carbonyl (C=O) groups is 2. The molecule has 0 bridgehead atoms. The van der Waals surface area contributed by atoms with Crippen molar-refractivity contribution in [3.05, 3.63) is 103 Å². The molecule has 0 saturated heterocycles. The largest absolute Gasteiger partial charge is 0.329 e. The lowest BCUT2D eigenvalue weighted by Crippen LogP contribution is -2.32. The van der Waals surface area contributed by atoms with E-state index in [1.54, 1.807) is 23.0 Å². The van der Waals surface area contributed by atoms with Crippen LogP contribution in [0.15, 0.2) is 96.2 Å². The van der Waals surface area contributed by atoms with Crippen molar-refractivity contribution in [2.75, 3.05) is 5.32 Å². The van der Waals surface area contributed by atoms with Gasteiger partial charge >= 0.3 is 11.8 Å². The van der Waals surface area contributed by atoms with Crippen LogP contribution < -0.4 is 10.7 Å². The van der Waals surface area contributed by atoms with E-state index in [4.69, 9.17) is 0 Å². The number of anilines is 1. The molecular weight excluding hydrogens is 493 g/mol. The van der Waals surface area contributed by atoms with E-state index in [0.717, 1.165) is 22.6 Å². The Labute approximate surface area is 214 Å². The third kappa shape index (κ3) is 5.63. The lowest BCUT2D eigenvalue weighted by atomic mass is 10.1. The zero-order chi connectivity index (χ0) is 25.6. The third-order valence-corrected chi connectivity index (χ3v) is 6.01. The van der Waals surface area contributed by atoms with Gasteiger partial charge in [-0.15, -0.1) is 10.2 Å². The topological polar surface area (TPSA) is 114 Å². The Bertz CT molecular complexity index is 1570.